The first-order valence-corrected chi connectivity index (χ1v) is 13.4. The maximum Gasteiger partial charge on any atom is 0.303 e. The van der Waals surface area contributed by atoms with Crippen molar-refractivity contribution in [1.82, 2.24) is 9.47 Å². The van der Waals surface area contributed by atoms with E-state index >= 15 is 0 Å². The Balaban J connectivity index is 1.98. The number of carbonyl (C=O) groups is 2. The van der Waals surface area contributed by atoms with E-state index in [9.17, 15) is 19.6 Å². The van der Waals surface area contributed by atoms with Crippen molar-refractivity contribution < 1.29 is 14.7 Å². The summed E-state index contributed by atoms with van der Waals surface area (Å²) in [5, 5.41) is 18.5. The molecule has 2 fully saturated rings. The summed E-state index contributed by atoms with van der Waals surface area (Å²) in [7, 11) is 0. The normalized spacial score (nSPS) is 17.3. The van der Waals surface area contributed by atoms with Crippen molar-refractivity contribution in [3.63, 3.8) is 0 Å². The Labute approximate surface area is 215 Å². The fourth-order valence-electron chi connectivity index (χ4n) is 4.57. The standard InChI is InChI=1S/C25H32N4O4S2/c1-3-11-28-22(27-12-7-5-8-13-27)18(17(2)19(16-26)23(28)32)15-20-24(33)29(25(34)35-20)14-9-4-6-10-21(30)31/h15H,3-14H2,1-2H3,(H,30,31). The van der Waals surface area contributed by atoms with Gasteiger partial charge >= 0.3 is 5.97 Å². The molecule has 1 amide bonds. The van der Waals surface area contributed by atoms with Crippen molar-refractivity contribution in [3.8, 4) is 6.07 Å². The zero-order chi connectivity index (χ0) is 25.5. The van der Waals surface area contributed by atoms with Gasteiger partial charge in [0.2, 0.25) is 0 Å². The molecule has 0 aliphatic carbocycles. The lowest BCUT2D eigenvalue weighted by molar-refractivity contribution is -0.137. The van der Waals surface area contributed by atoms with Crippen LogP contribution in [0.1, 0.15) is 75.0 Å². The quantitative estimate of drug-likeness (QED) is 0.279. The summed E-state index contributed by atoms with van der Waals surface area (Å²) in [5.74, 6) is -0.222. The van der Waals surface area contributed by atoms with E-state index in [0.29, 0.717) is 47.1 Å². The van der Waals surface area contributed by atoms with Crippen molar-refractivity contribution >= 4 is 52.1 Å². The average Bonchev–Trinajstić information content (AvgIpc) is 3.10. The molecule has 8 nitrogen and oxygen atoms in total. The fourth-order valence-corrected chi connectivity index (χ4v) is 5.86. The lowest BCUT2D eigenvalue weighted by Crippen LogP contribution is -2.37. The van der Waals surface area contributed by atoms with Gasteiger partial charge in [0.05, 0.1) is 4.91 Å². The molecule has 0 aromatic carbocycles. The van der Waals surface area contributed by atoms with Crippen LogP contribution in [0, 0.1) is 18.3 Å². The predicted octanol–water partition coefficient (Wildman–Crippen LogP) is 4.27. The van der Waals surface area contributed by atoms with E-state index in [1.807, 2.05) is 6.92 Å². The number of carboxylic acid groups (broad SMARTS) is 1. The number of hydrogen-bond acceptors (Lipinski definition) is 7. The Bertz CT molecular complexity index is 1130. The molecule has 35 heavy (non-hydrogen) atoms. The minimum atomic E-state index is -0.820. The first kappa shape index (κ1) is 27.0. The molecule has 1 aromatic heterocycles. The molecule has 1 N–H and O–H groups in total. The van der Waals surface area contributed by atoms with E-state index in [0.717, 1.165) is 50.2 Å². The number of aromatic nitrogens is 1. The highest BCUT2D eigenvalue weighted by Crippen LogP contribution is 2.36. The van der Waals surface area contributed by atoms with E-state index in [1.165, 1.54) is 11.8 Å². The molecule has 0 spiro atoms. The molecule has 0 atom stereocenters. The SMILES string of the molecule is CCCn1c(N2CCCCC2)c(C=C2SC(=S)N(CCCCCC(=O)O)C2=O)c(C)c(C#N)c1=O. The molecular formula is C25H32N4O4S2. The van der Waals surface area contributed by atoms with Gasteiger partial charge in [-0.1, -0.05) is 37.3 Å². The summed E-state index contributed by atoms with van der Waals surface area (Å²) in [6, 6.07) is 2.08. The summed E-state index contributed by atoms with van der Waals surface area (Å²) < 4.78 is 2.17. The van der Waals surface area contributed by atoms with Crippen molar-refractivity contribution in [3.05, 3.63) is 31.9 Å². The summed E-state index contributed by atoms with van der Waals surface area (Å²) in [5.41, 5.74) is 1.15. The summed E-state index contributed by atoms with van der Waals surface area (Å²) in [6.45, 7) is 6.37. The number of carboxylic acids is 1. The van der Waals surface area contributed by atoms with Gasteiger partial charge in [-0.2, -0.15) is 5.26 Å². The monoisotopic (exact) mass is 516 g/mol. The number of aliphatic carboxylic acids is 1. The first-order valence-electron chi connectivity index (χ1n) is 12.2. The highest BCUT2D eigenvalue weighted by Gasteiger charge is 2.33. The Kier molecular flexibility index (Phi) is 9.52. The topological polar surface area (TPSA) is 107 Å². The van der Waals surface area contributed by atoms with Crippen molar-refractivity contribution in [1.29, 1.82) is 5.26 Å². The number of rotatable bonds is 10. The Hall–Kier alpha value is -2.64. The number of piperidine rings is 1. The summed E-state index contributed by atoms with van der Waals surface area (Å²) in [6.07, 6.45) is 7.81. The second kappa shape index (κ2) is 12.4. The smallest absolute Gasteiger partial charge is 0.303 e. The molecule has 2 aliphatic heterocycles. The van der Waals surface area contributed by atoms with E-state index < -0.39 is 5.97 Å². The van der Waals surface area contributed by atoms with Crippen LogP contribution in [0.5, 0.6) is 0 Å². The third-order valence-electron chi connectivity index (χ3n) is 6.37. The maximum atomic E-state index is 13.2. The number of anilines is 1. The van der Waals surface area contributed by atoms with Crippen LogP contribution < -0.4 is 10.5 Å². The molecule has 2 aliphatic rings. The van der Waals surface area contributed by atoms with Crippen LogP contribution in [0.25, 0.3) is 6.08 Å². The summed E-state index contributed by atoms with van der Waals surface area (Å²) in [4.78, 5) is 41.4. The fraction of sp³-hybridized carbons (Fsp3) is 0.560. The number of unbranched alkanes of at least 4 members (excludes halogenated alkanes) is 2. The molecule has 0 bridgehead atoms. The minimum absolute atomic E-state index is 0.111. The minimum Gasteiger partial charge on any atom is -0.481 e. The van der Waals surface area contributed by atoms with Crippen LogP contribution in [0.4, 0.5) is 5.82 Å². The third-order valence-corrected chi connectivity index (χ3v) is 7.75. The van der Waals surface area contributed by atoms with Crippen LogP contribution in [-0.4, -0.2) is 50.4 Å². The van der Waals surface area contributed by atoms with Crippen molar-refractivity contribution in [2.24, 2.45) is 0 Å². The molecule has 10 heteroatoms. The Morgan fingerprint density at radius 2 is 1.89 bits per heavy atom. The van der Waals surface area contributed by atoms with E-state index in [1.54, 1.807) is 22.5 Å². The zero-order valence-corrected chi connectivity index (χ0v) is 22.0. The number of thiocarbonyl (C=S) groups is 1. The molecule has 3 rings (SSSR count). The molecule has 1 aromatic rings. The number of carbonyl (C=O) groups excluding carboxylic acids is 1. The summed E-state index contributed by atoms with van der Waals surface area (Å²) >= 11 is 6.71. The van der Waals surface area contributed by atoms with Gasteiger partial charge in [-0.05, 0) is 57.1 Å². The lowest BCUT2D eigenvalue weighted by Gasteiger charge is -2.33. The highest BCUT2D eigenvalue weighted by molar-refractivity contribution is 8.26. The van der Waals surface area contributed by atoms with Crippen LogP contribution in [0.2, 0.25) is 0 Å². The van der Waals surface area contributed by atoms with Crippen LogP contribution >= 0.6 is 24.0 Å². The van der Waals surface area contributed by atoms with Gasteiger partial charge in [-0.25, -0.2) is 0 Å². The molecule has 0 unspecified atom stereocenters. The molecule has 3 heterocycles. The number of thioether (sulfide) groups is 1. The largest absolute Gasteiger partial charge is 0.481 e. The van der Waals surface area contributed by atoms with Gasteiger partial charge in [-0.15, -0.1) is 0 Å². The Morgan fingerprint density at radius 1 is 1.17 bits per heavy atom. The molecular weight excluding hydrogens is 484 g/mol. The van der Waals surface area contributed by atoms with Gasteiger partial charge in [0, 0.05) is 38.2 Å². The van der Waals surface area contributed by atoms with E-state index in [2.05, 4.69) is 11.0 Å². The van der Waals surface area contributed by atoms with E-state index in [4.69, 9.17) is 17.3 Å². The zero-order valence-electron chi connectivity index (χ0n) is 20.3. The number of amides is 1. The molecule has 2 saturated heterocycles. The van der Waals surface area contributed by atoms with Gasteiger partial charge in [0.25, 0.3) is 11.5 Å². The first-order chi connectivity index (χ1) is 16.8. The second-order valence-corrected chi connectivity index (χ2v) is 10.6. The van der Waals surface area contributed by atoms with Crippen LogP contribution in [0.15, 0.2) is 9.70 Å². The predicted molar refractivity (Wildman–Crippen MR) is 142 cm³/mol. The second-order valence-electron chi connectivity index (χ2n) is 8.89. The number of hydrogen-bond donors (Lipinski definition) is 1. The van der Waals surface area contributed by atoms with Crippen LogP contribution in [-0.2, 0) is 16.1 Å². The maximum absolute atomic E-state index is 13.2. The van der Waals surface area contributed by atoms with Gasteiger partial charge in [-0.3, -0.25) is 23.9 Å². The molecule has 0 radical (unpaired) electrons. The van der Waals surface area contributed by atoms with E-state index in [-0.39, 0.29) is 23.5 Å². The van der Waals surface area contributed by atoms with Gasteiger partial charge in [0.1, 0.15) is 21.8 Å². The highest BCUT2D eigenvalue weighted by atomic mass is 32.2. The number of nitrogens with zero attached hydrogens (tertiary/aromatic N) is 4. The van der Waals surface area contributed by atoms with Crippen molar-refractivity contribution in [2.45, 2.75) is 71.8 Å². The molecule has 0 saturated carbocycles. The Morgan fingerprint density at radius 3 is 2.51 bits per heavy atom. The average molecular weight is 517 g/mol. The van der Waals surface area contributed by atoms with Gasteiger partial charge in [0.15, 0.2) is 0 Å². The molecule has 188 valence electrons. The van der Waals surface area contributed by atoms with Crippen molar-refractivity contribution in [2.75, 3.05) is 24.5 Å². The lowest BCUT2D eigenvalue weighted by atomic mass is 10.0. The number of nitriles is 1. The van der Waals surface area contributed by atoms with Crippen LogP contribution in [0.3, 0.4) is 0 Å². The van der Waals surface area contributed by atoms with Gasteiger partial charge < -0.3 is 10.0 Å². The number of pyridine rings is 1. The third kappa shape index (κ3) is 6.14.